The van der Waals surface area contributed by atoms with E-state index in [1.165, 1.54) is 0 Å². The third-order valence-corrected chi connectivity index (χ3v) is 2.25. The highest BCUT2D eigenvalue weighted by Crippen LogP contribution is 2.19. The Morgan fingerprint density at radius 3 is 2.62 bits per heavy atom. The molecular formula is C11H16OS. The quantitative estimate of drug-likeness (QED) is 0.730. The summed E-state index contributed by atoms with van der Waals surface area (Å²) < 4.78 is 5.57. The Labute approximate surface area is 85.5 Å². The topological polar surface area (TPSA) is 9.23 Å². The molecule has 1 rings (SSSR count). The molecule has 0 atom stereocenters. The van der Waals surface area contributed by atoms with E-state index in [2.05, 4.69) is 26.5 Å². The summed E-state index contributed by atoms with van der Waals surface area (Å²) in [5.41, 5.74) is 1.16. The van der Waals surface area contributed by atoms with Crippen molar-refractivity contribution in [1.29, 1.82) is 0 Å². The number of hydrogen-bond acceptors (Lipinski definition) is 2. The van der Waals surface area contributed by atoms with Crippen molar-refractivity contribution in [2.24, 2.45) is 5.92 Å². The second kappa shape index (κ2) is 4.56. The summed E-state index contributed by atoms with van der Waals surface area (Å²) in [4.78, 5) is 1.01. The van der Waals surface area contributed by atoms with Gasteiger partial charge in [0.25, 0.3) is 0 Å². The molecule has 0 N–H and O–H groups in total. The van der Waals surface area contributed by atoms with Crippen LogP contribution in [0.5, 0.6) is 5.75 Å². The molecule has 0 aliphatic rings. The highest BCUT2D eigenvalue weighted by Gasteiger charge is 1.99. The first-order valence-corrected chi connectivity index (χ1v) is 4.96. The Hall–Kier alpha value is -0.630. The van der Waals surface area contributed by atoms with Crippen molar-refractivity contribution < 1.29 is 4.74 Å². The molecular weight excluding hydrogens is 180 g/mol. The lowest BCUT2D eigenvalue weighted by molar-refractivity contribution is 0.271. The van der Waals surface area contributed by atoms with Crippen LogP contribution in [-0.4, -0.2) is 6.61 Å². The molecule has 0 heterocycles. The van der Waals surface area contributed by atoms with Crippen LogP contribution in [0.4, 0.5) is 0 Å². The zero-order valence-corrected chi connectivity index (χ0v) is 9.27. The van der Waals surface area contributed by atoms with Crippen LogP contribution >= 0.6 is 12.6 Å². The van der Waals surface area contributed by atoms with Crippen molar-refractivity contribution >= 4 is 12.6 Å². The summed E-state index contributed by atoms with van der Waals surface area (Å²) in [6.45, 7) is 7.08. The van der Waals surface area contributed by atoms with Gasteiger partial charge >= 0.3 is 0 Å². The first-order valence-electron chi connectivity index (χ1n) is 4.52. The first-order chi connectivity index (χ1) is 6.09. The van der Waals surface area contributed by atoms with Gasteiger partial charge in [-0.15, -0.1) is 12.6 Å². The van der Waals surface area contributed by atoms with Crippen LogP contribution in [0.15, 0.2) is 23.1 Å². The van der Waals surface area contributed by atoms with E-state index >= 15 is 0 Å². The maximum absolute atomic E-state index is 5.57. The summed E-state index contributed by atoms with van der Waals surface area (Å²) in [7, 11) is 0. The van der Waals surface area contributed by atoms with E-state index in [4.69, 9.17) is 4.74 Å². The molecule has 0 fully saturated rings. The summed E-state index contributed by atoms with van der Waals surface area (Å²) in [5.74, 6) is 1.50. The van der Waals surface area contributed by atoms with Crippen molar-refractivity contribution in [3.8, 4) is 5.75 Å². The molecule has 0 radical (unpaired) electrons. The van der Waals surface area contributed by atoms with Crippen LogP contribution in [0.3, 0.4) is 0 Å². The van der Waals surface area contributed by atoms with Crippen molar-refractivity contribution in [3.05, 3.63) is 23.8 Å². The largest absolute Gasteiger partial charge is 0.493 e. The van der Waals surface area contributed by atoms with Crippen molar-refractivity contribution in [1.82, 2.24) is 0 Å². The summed E-state index contributed by atoms with van der Waals surface area (Å²) in [6, 6.07) is 5.94. The van der Waals surface area contributed by atoms with E-state index in [1.54, 1.807) is 0 Å². The average molecular weight is 196 g/mol. The van der Waals surface area contributed by atoms with Crippen LogP contribution in [-0.2, 0) is 0 Å². The lowest BCUT2D eigenvalue weighted by Crippen LogP contribution is -2.04. The standard InChI is InChI=1S/C11H16OS/c1-8(2)7-12-10-4-5-11(13)9(3)6-10/h4-6,8,13H,7H2,1-3H3. The highest BCUT2D eigenvalue weighted by atomic mass is 32.1. The number of aryl methyl sites for hydroxylation is 1. The van der Waals surface area contributed by atoms with Gasteiger partial charge in [-0.25, -0.2) is 0 Å². The molecule has 13 heavy (non-hydrogen) atoms. The molecule has 0 spiro atoms. The molecule has 0 bridgehead atoms. The fourth-order valence-electron chi connectivity index (χ4n) is 0.981. The molecule has 1 aromatic carbocycles. The van der Waals surface area contributed by atoms with E-state index in [0.29, 0.717) is 5.92 Å². The third kappa shape index (κ3) is 3.31. The predicted molar refractivity (Wildman–Crippen MR) is 58.8 cm³/mol. The molecule has 0 amide bonds. The number of ether oxygens (including phenoxy) is 1. The van der Waals surface area contributed by atoms with Crippen LogP contribution in [0.1, 0.15) is 19.4 Å². The minimum atomic E-state index is 0.566. The molecule has 0 saturated heterocycles. The molecule has 0 aromatic heterocycles. The molecule has 1 aromatic rings. The molecule has 72 valence electrons. The Morgan fingerprint density at radius 2 is 2.08 bits per heavy atom. The van der Waals surface area contributed by atoms with Crippen LogP contribution < -0.4 is 4.74 Å². The number of benzene rings is 1. The highest BCUT2D eigenvalue weighted by molar-refractivity contribution is 7.80. The van der Waals surface area contributed by atoms with Gasteiger partial charge in [-0.05, 0) is 36.6 Å². The van der Waals surface area contributed by atoms with E-state index in [9.17, 15) is 0 Å². The molecule has 0 aliphatic carbocycles. The summed E-state index contributed by atoms with van der Waals surface area (Å²) in [6.07, 6.45) is 0. The lowest BCUT2D eigenvalue weighted by Gasteiger charge is -2.09. The first kappa shape index (κ1) is 10.5. The molecule has 0 aliphatic heterocycles. The van der Waals surface area contributed by atoms with Crippen LogP contribution in [0.25, 0.3) is 0 Å². The third-order valence-electron chi connectivity index (χ3n) is 1.75. The average Bonchev–Trinajstić information content (AvgIpc) is 2.07. The number of thiol groups is 1. The van der Waals surface area contributed by atoms with Gasteiger partial charge in [-0.1, -0.05) is 13.8 Å². The van der Waals surface area contributed by atoms with E-state index < -0.39 is 0 Å². The van der Waals surface area contributed by atoms with E-state index in [0.717, 1.165) is 22.8 Å². The minimum Gasteiger partial charge on any atom is -0.493 e. The van der Waals surface area contributed by atoms with Crippen molar-refractivity contribution in [2.45, 2.75) is 25.7 Å². The second-order valence-electron chi connectivity index (χ2n) is 3.65. The Morgan fingerprint density at radius 1 is 1.38 bits per heavy atom. The molecule has 1 nitrogen and oxygen atoms in total. The lowest BCUT2D eigenvalue weighted by atomic mass is 10.2. The summed E-state index contributed by atoms with van der Waals surface area (Å²) in [5, 5.41) is 0. The monoisotopic (exact) mass is 196 g/mol. The summed E-state index contributed by atoms with van der Waals surface area (Å²) >= 11 is 4.30. The van der Waals surface area contributed by atoms with Gasteiger partial charge in [0.2, 0.25) is 0 Å². The van der Waals surface area contributed by atoms with Gasteiger partial charge in [0.05, 0.1) is 6.61 Å². The van der Waals surface area contributed by atoms with Gasteiger partial charge in [0.15, 0.2) is 0 Å². The van der Waals surface area contributed by atoms with Crippen LogP contribution in [0, 0.1) is 12.8 Å². The Balaban J connectivity index is 2.63. The van der Waals surface area contributed by atoms with E-state index in [-0.39, 0.29) is 0 Å². The van der Waals surface area contributed by atoms with Gasteiger partial charge in [0.1, 0.15) is 5.75 Å². The van der Waals surface area contributed by atoms with Crippen molar-refractivity contribution in [2.75, 3.05) is 6.61 Å². The van der Waals surface area contributed by atoms with Gasteiger partial charge in [-0.3, -0.25) is 0 Å². The Kier molecular flexibility index (Phi) is 3.67. The fourth-order valence-corrected chi connectivity index (χ4v) is 1.12. The maximum atomic E-state index is 5.57. The Bertz CT molecular complexity index is 281. The second-order valence-corrected chi connectivity index (χ2v) is 4.13. The fraction of sp³-hybridized carbons (Fsp3) is 0.455. The van der Waals surface area contributed by atoms with Gasteiger partial charge < -0.3 is 4.74 Å². The number of rotatable bonds is 3. The van der Waals surface area contributed by atoms with Gasteiger partial charge in [-0.2, -0.15) is 0 Å². The van der Waals surface area contributed by atoms with E-state index in [1.807, 2.05) is 25.1 Å². The maximum Gasteiger partial charge on any atom is 0.119 e. The molecule has 0 unspecified atom stereocenters. The smallest absolute Gasteiger partial charge is 0.119 e. The zero-order valence-electron chi connectivity index (χ0n) is 8.37. The number of hydrogen-bond donors (Lipinski definition) is 1. The van der Waals surface area contributed by atoms with Gasteiger partial charge in [0, 0.05) is 4.90 Å². The minimum absolute atomic E-state index is 0.566. The van der Waals surface area contributed by atoms with Crippen LogP contribution in [0.2, 0.25) is 0 Å². The SMILES string of the molecule is Cc1cc(OCC(C)C)ccc1S. The molecule has 0 saturated carbocycles. The normalized spacial score (nSPS) is 10.5. The van der Waals surface area contributed by atoms with Crippen molar-refractivity contribution in [3.63, 3.8) is 0 Å². The predicted octanol–water partition coefficient (Wildman–Crippen LogP) is 3.32. The molecule has 2 heteroatoms. The zero-order chi connectivity index (χ0) is 9.84.